The second-order valence-electron chi connectivity index (χ2n) is 3.54. The van der Waals surface area contributed by atoms with Crippen molar-refractivity contribution in [2.24, 2.45) is 0 Å². The molecule has 1 N–H and O–H groups in total. The van der Waals surface area contributed by atoms with Gasteiger partial charge in [0.15, 0.2) is 0 Å². The highest BCUT2D eigenvalue weighted by Gasteiger charge is 2.14. The van der Waals surface area contributed by atoms with Gasteiger partial charge in [-0.3, -0.25) is 10.1 Å². The molecule has 80 valence electrons. The Morgan fingerprint density at radius 1 is 1.60 bits per heavy atom. The molecule has 0 saturated heterocycles. The molecule has 15 heavy (non-hydrogen) atoms. The maximum Gasteiger partial charge on any atom is 0.292 e. The van der Waals surface area contributed by atoms with E-state index in [1.165, 1.54) is 6.07 Å². The molecule has 0 bridgehead atoms. The molecule has 0 aromatic heterocycles. The minimum atomic E-state index is -0.381. The maximum atomic E-state index is 10.8. The van der Waals surface area contributed by atoms with Crippen molar-refractivity contribution in [2.75, 3.05) is 11.9 Å². The third kappa shape index (κ3) is 2.80. The highest BCUT2D eigenvalue weighted by molar-refractivity contribution is 5.66. The summed E-state index contributed by atoms with van der Waals surface area (Å²) in [5.41, 5.74) is 2.49. The van der Waals surface area contributed by atoms with Crippen LogP contribution in [0.5, 0.6) is 0 Å². The maximum absolute atomic E-state index is 10.8. The first kappa shape index (κ1) is 11.2. The van der Waals surface area contributed by atoms with E-state index in [1.54, 1.807) is 6.07 Å². The Balaban J connectivity index is 3.02. The van der Waals surface area contributed by atoms with Gasteiger partial charge in [-0.25, -0.2) is 0 Å². The fourth-order valence-electron chi connectivity index (χ4n) is 1.27. The minimum absolute atomic E-state index is 0.108. The molecule has 0 atom stereocenters. The summed E-state index contributed by atoms with van der Waals surface area (Å²) in [5, 5.41) is 13.8. The Morgan fingerprint density at radius 2 is 2.27 bits per heavy atom. The lowest BCUT2D eigenvalue weighted by Crippen LogP contribution is -2.06. The first-order chi connectivity index (χ1) is 7.02. The highest BCUT2D eigenvalue weighted by atomic mass is 16.6. The standard InChI is InChI=1S/C11H14N2O2/c1-8(2)7-12-11-9(3)5-4-6-10(11)13(14)15/h4-6,12H,1,7H2,2-3H3. The van der Waals surface area contributed by atoms with Gasteiger partial charge in [0, 0.05) is 12.6 Å². The third-order valence-corrected chi connectivity index (χ3v) is 2.01. The molecule has 4 heteroatoms. The fourth-order valence-corrected chi connectivity index (χ4v) is 1.27. The number of para-hydroxylation sites is 1. The van der Waals surface area contributed by atoms with Crippen LogP contribution in [0.2, 0.25) is 0 Å². The van der Waals surface area contributed by atoms with Crippen LogP contribution in [0.1, 0.15) is 12.5 Å². The van der Waals surface area contributed by atoms with E-state index in [9.17, 15) is 10.1 Å². The quantitative estimate of drug-likeness (QED) is 0.468. The van der Waals surface area contributed by atoms with Gasteiger partial charge in [-0.15, -0.1) is 0 Å². The van der Waals surface area contributed by atoms with Crippen LogP contribution < -0.4 is 5.32 Å². The molecule has 0 aliphatic carbocycles. The zero-order valence-corrected chi connectivity index (χ0v) is 8.91. The number of nitrogens with one attached hydrogen (secondary N) is 1. The second-order valence-corrected chi connectivity index (χ2v) is 3.54. The van der Waals surface area contributed by atoms with Crippen LogP contribution in [-0.4, -0.2) is 11.5 Å². The van der Waals surface area contributed by atoms with Crippen LogP contribution in [0.4, 0.5) is 11.4 Å². The number of nitro benzene ring substituents is 1. The third-order valence-electron chi connectivity index (χ3n) is 2.01. The first-order valence-electron chi connectivity index (χ1n) is 4.64. The van der Waals surface area contributed by atoms with E-state index >= 15 is 0 Å². The van der Waals surface area contributed by atoms with Crippen molar-refractivity contribution in [2.45, 2.75) is 13.8 Å². The predicted octanol–water partition coefficient (Wildman–Crippen LogP) is 2.89. The predicted molar refractivity (Wildman–Crippen MR) is 61.1 cm³/mol. The summed E-state index contributed by atoms with van der Waals surface area (Å²) in [4.78, 5) is 10.4. The van der Waals surface area contributed by atoms with Gasteiger partial charge in [-0.1, -0.05) is 24.3 Å². The van der Waals surface area contributed by atoms with Gasteiger partial charge in [0.05, 0.1) is 4.92 Å². The molecular weight excluding hydrogens is 192 g/mol. The van der Waals surface area contributed by atoms with E-state index in [2.05, 4.69) is 11.9 Å². The molecule has 0 unspecified atom stereocenters. The molecule has 0 aliphatic rings. The fraction of sp³-hybridized carbons (Fsp3) is 0.273. The molecule has 0 fully saturated rings. The monoisotopic (exact) mass is 206 g/mol. The van der Waals surface area contributed by atoms with E-state index in [0.717, 1.165) is 11.1 Å². The minimum Gasteiger partial charge on any atom is -0.376 e. The van der Waals surface area contributed by atoms with Crippen molar-refractivity contribution in [1.82, 2.24) is 0 Å². The van der Waals surface area contributed by atoms with Crippen molar-refractivity contribution < 1.29 is 4.92 Å². The Morgan fingerprint density at radius 3 is 2.80 bits per heavy atom. The summed E-state index contributed by atoms with van der Waals surface area (Å²) in [5.74, 6) is 0. The molecule has 1 rings (SSSR count). The summed E-state index contributed by atoms with van der Waals surface area (Å²) in [7, 11) is 0. The van der Waals surface area contributed by atoms with Crippen molar-refractivity contribution in [3.05, 3.63) is 46.0 Å². The van der Waals surface area contributed by atoms with Crippen LogP contribution in [0.15, 0.2) is 30.4 Å². The smallest absolute Gasteiger partial charge is 0.292 e. The Hall–Kier alpha value is -1.84. The van der Waals surface area contributed by atoms with Crippen molar-refractivity contribution in [3.63, 3.8) is 0 Å². The normalized spacial score (nSPS) is 9.73. The van der Waals surface area contributed by atoms with E-state index in [4.69, 9.17) is 0 Å². The van der Waals surface area contributed by atoms with E-state index in [0.29, 0.717) is 12.2 Å². The average molecular weight is 206 g/mol. The molecule has 0 spiro atoms. The van der Waals surface area contributed by atoms with Crippen LogP contribution in [-0.2, 0) is 0 Å². The van der Waals surface area contributed by atoms with Crippen molar-refractivity contribution in [1.29, 1.82) is 0 Å². The molecule has 0 saturated carbocycles. The number of anilines is 1. The number of rotatable bonds is 4. The molecule has 4 nitrogen and oxygen atoms in total. The molecule has 0 amide bonds. The summed E-state index contributed by atoms with van der Waals surface area (Å²) in [6.45, 7) is 8.00. The lowest BCUT2D eigenvalue weighted by molar-refractivity contribution is -0.384. The van der Waals surface area contributed by atoms with Crippen LogP contribution >= 0.6 is 0 Å². The number of nitrogens with zero attached hydrogens (tertiary/aromatic N) is 1. The summed E-state index contributed by atoms with van der Waals surface area (Å²) >= 11 is 0. The van der Waals surface area contributed by atoms with E-state index in [1.807, 2.05) is 19.9 Å². The topological polar surface area (TPSA) is 55.2 Å². The second kappa shape index (κ2) is 4.59. The Bertz CT molecular complexity index is 400. The molecule has 0 heterocycles. The zero-order chi connectivity index (χ0) is 11.4. The molecule has 0 radical (unpaired) electrons. The lowest BCUT2D eigenvalue weighted by Gasteiger charge is -2.09. The number of hydrogen-bond acceptors (Lipinski definition) is 3. The number of nitro groups is 1. The van der Waals surface area contributed by atoms with Gasteiger partial charge in [0.1, 0.15) is 5.69 Å². The van der Waals surface area contributed by atoms with Crippen molar-refractivity contribution in [3.8, 4) is 0 Å². The summed E-state index contributed by atoms with van der Waals surface area (Å²) in [6, 6.07) is 5.01. The van der Waals surface area contributed by atoms with Gasteiger partial charge in [0.25, 0.3) is 5.69 Å². The first-order valence-corrected chi connectivity index (χ1v) is 4.64. The molecule has 0 aliphatic heterocycles. The average Bonchev–Trinajstić information content (AvgIpc) is 2.15. The summed E-state index contributed by atoms with van der Waals surface area (Å²) in [6.07, 6.45) is 0. The Labute approximate surface area is 88.8 Å². The number of hydrogen-bond donors (Lipinski definition) is 1. The van der Waals surface area contributed by atoms with Crippen LogP contribution in [0, 0.1) is 17.0 Å². The largest absolute Gasteiger partial charge is 0.376 e. The van der Waals surface area contributed by atoms with Gasteiger partial charge in [-0.2, -0.15) is 0 Å². The molecule has 1 aromatic carbocycles. The van der Waals surface area contributed by atoms with Gasteiger partial charge in [0.2, 0.25) is 0 Å². The summed E-state index contributed by atoms with van der Waals surface area (Å²) < 4.78 is 0. The number of benzene rings is 1. The van der Waals surface area contributed by atoms with Gasteiger partial charge >= 0.3 is 0 Å². The molecule has 1 aromatic rings. The lowest BCUT2D eigenvalue weighted by atomic mass is 10.1. The van der Waals surface area contributed by atoms with E-state index < -0.39 is 0 Å². The number of aryl methyl sites for hydroxylation is 1. The van der Waals surface area contributed by atoms with Gasteiger partial charge < -0.3 is 5.32 Å². The van der Waals surface area contributed by atoms with Gasteiger partial charge in [-0.05, 0) is 19.4 Å². The van der Waals surface area contributed by atoms with Crippen molar-refractivity contribution >= 4 is 11.4 Å². The zero-order valence-electron chi connectivity index (χ0n) is 8.91. The highest BCUT2D eigenvalue weighted by Crippen LogP contribution is 2.27. The molecular formula is C11H14N2O2. The van der Waals surface area contributed by atoms with E-state index in [-0.39, 0.29) is 10.6 Å². The van der Waals surface area contributed by atoms with Crippen LogP contribution in [0.25, 0.3) is 0 Å². The Kier molecular flexibility index (Phi) is 3.44. The SMILES string of the molecule is C=C(C)CNc1c(C)cccc1[N+](=O)[O-]. The van der Waals surface area contributed by atoms with Crippen LogP contribution in [0.3, 0.4) is 0 Å².